The van der Waals surface area contributed by atoms with Crippen LogP contribution in [0.1, 0.15) is 35.7 Å². The molecule has 1 atom stereocenters. The van der Waals surface area contributed by atoms with Crippen molar-refractivity contribution >= 4 is 28.7 Å². The lowest BCUT2D eigenvalue weighted by Gasteiger charge is -2.13. The van der Waals surface area contributed by atoms with E-state index in [1.807, 2.05) is 0 Å². The Labute approximate surface area is 186 Å². The van der Waals surface area contributed by atoms with E-state index < -0.39 is 34.5 Å². The standard InChI is InChI=1S/C19H13ClF6N6O/c1-8(28-17-30-13-5-11(19(24,25)26)12(20)6-14(13)33-17)16-29-9(2)31-32(16)15-4-3-10(7-27-15)18(21,22)23/h3-8H,1-2H3,(H,28,30)/t8-/m0/s1. The summed E-state index contributed by atoms with van der Waals surface area (Å²) in [5.74, 6) is 0.668. The molecular weight excluding hydrogens is 478 g/mol. The Morgan fingerprint density at radius 3 is 2.39 bits per heavy atom. The fraction of sp³-hybridized carbons (Fsp3) is 0.263. The van der Waals surface area contributed by atoms with Gasteiger partial charge in [0.25, 0.3) is 6.01 Å². The minimum Gasteiger partial charge on any atom is -0.423 e. The maximum absolute atomic E-state index is 13.1. The van der Waals surface area contributed by atoms with E-state index in [2.05, 4.69) is 25.4 Å². The summed E-state index contributed by atoms with van der Waals surface area (Å²) in [5.41, 5.74) is -2.00. The van der Waals surface area contributed by atoms with Crippen molar-refractivity contribution in [2.75, 3.05) is 5.32 Å². The molecule has 0 saturated heterocycles. The number of anilines is 1. The van der Waals surface area contributed by atoms with Gasteiger partial charge in [-0.25, -0.2) is 9.97 Å². The van der Waals surface area contributed by atoms with E-state index in [1.165, 1.54) is 4.68 Å². The largest absolute Gasteiger partial charge is 0.423 e. The predicted octanol–water partition coefficient (Wildman–Crippen LogP) is 5.98. The molecule has 0 radical (unpaired) electrons. The number of aryl methyl sites for hydroxylation is 1. The molecule has 0 unspecified atom stereocenters. The molecule has 0 bridgehead atoms. The number of hydrogen-bond acceptors (Lipinski definition) is 6. The number of halogens is 7. The van der Waals surface area contributed by atoms with Gasteiger partial charge in [0.2, 0.25) is 0 Å². The molecule has 33 heavy (non-hydrogen) atoms. The van der Waals surface area contributed by atoms with E-state index >= 15 is 0 Å². The number of alkyl halides is 6. The zero-order valence-electron chi connectivity index (χ0n) is 16.8. The van der Waals surface area contributed by atoms with Crippen molar-refractivity contribution in [3.05, 3.63) is 58.3 Å². The second-order valence-electron chi connectivity index (χ2n) is 7.01. The van der Waals surface area contributed by atoms with Gasteiger partial charge in [-0.3, -0.25) is 0 Å². The number of rotatable bonds is 4. The minimum atomic E-state index is -4.66. The molecule has 3 aromatic heterocycles. The van der Waals surface area contributed by atoms with Gasteiger partial charge >= 0.3 is 12.4 Å². The monoisotopic (exact) mass is 490 g/mol. The zero-order valence-corrected chi connectivity index (χ0v) is 17.5. The number of pyridine rings is 1. The average Bonchev–Trinajstić information content (AvgIpc) is 3.28. The summed E-state index contributed by atoms with van der Waals surface area (Å²) < 4.78 is 84.3. The summed E-state index contributed by atoms with van der Waals surface area (Å²) in [6.45, 7) is 3.21. The van der Waals surface area contributed by atoms with E-state index in [-0.39, 0.29) is 28.8 Å². The Hall–Kier alpha value is -3.35. The second kappa shape index (κ2) is 7.90. The van der Waals surface area contributed by atoms with Crippen molar-refractivity contribution in [2.24, 2.45) is 0 Å². The van der Waals surface area contributed by atoms with Gasteiger partial charge in [-0.05, 0) is 32.0 Å². The summed E-state index contributed by atoms with van der Waals surface area (Å²) in [4.78, 5) is 12.1. The molecule has 174 valence electrons. The van der Waals surface area contributed by atoms with Crippen molar-refractivity contribution < 1.29 is 30.8 Å². The molecule has 1 N–H and O–H groups in total. The summed E-state index contributed by atoms with van der Waals surface area (Å²) in [6.07, 6.45) is -8.52. The summed E-state index contributed by atoms with van der Waals surface area (Å²) in [6, 6.07) is 3.02. The first-order valence-electron chi connectivity index (χ1n) is 9.24. The molecule has 3 heterocycles. The molecule has 0 aliphatic rings. The van der Waals surface area contributed by atoms with Crippen LogP contribution < -0.4 is 5.32 Å². The van der Waals surface area contributed by atoms with E-state index in [0.29, 0.717) is 12.0 Å². The van der Waals surface area contributed by atoms with Crippen LogP contribution in [-0.2, 0) is 12.4 Å². The third-order valence-corrected chi connectivity index (χ3v) is 4.85. The van der Waals surface area contributed by atoms with Gasteiger partial charge < -0.3 is 9.73 Å². The first-order valence-corrected chi connectivity index (χ1v) is 9.61. The molecule has 0 amide bonds. The summed E-state index contributed by atoms with van der Waals surface area (Å²) in [5, 5.41) is 6.48. The Bertz CT molecular complexity index is 1310. The third kappa shape index (κ3) is 4.58. The lowest BCUT2D eigenvalue weighted by molar-refractivity contribution is -0.138. The topological polar surface area (TPSA) is 81.7 Å². The average molecular weight is 491 g/mol. The minimum absolute atomic E-state index is 0.0322. The molecular formula is C19H13ClF6N6O. The molecule has 0 aliphatic carbocycles. The number of oxazole rings is 1. The normalized spacial score (nSPS) is 13.5. The number of hydrogen-bond donors (Lipinski definition) is 1. The van der Waals surface area contributed by atoms with Crippen LogP contribution in [0, 0.1) is 6.92 Å². The van der Waals surface area contributed by atoms with Gasteiger partial charge in [0.1, 0.15) is 11.3 Å². The van der Waals surface area contributed by atoms with Gasteiger partial charge in [0.05, 0.1) is 22.2 Å². The third-order valence-electron chi connectivity index (χ3n) is 4.54. The Kier molecular flexibility index (Phi) is 5.47. The predicted molar refractivity (Wildman–Crippen MR) is 105 cm³/mol. The number of fused-ring (bicyclic) bond motifs is 1. The van der Waals surface area contributed by atoms with Crippen molar-refractivity contribution in [1.29, 1.82) is 0 Å². The molecule has 0 aliphatic heterocycles. The first-order chi connectivity index (χ1) is 15.3. The van der Waals surface area contributed by atoms with Crippen LogP contribution in [0.25, 0.3) is 16.9 Å². The quantitative estimate of drug-likeness (QED) is 0.355. The van der Waals surface area contributed by atoms with Gasteiger partial charge in [0, 0.05) is 12.3 Å². The Morgan fingerprint density at radius 2 is 1.79 bits per heavy atom. The van der Waals surface area contributed by atoms with E-state index in [0.717, 1.165) is 24.3 Å². The van der Waals surface area contributed by atoms with Crippen LogP contribution in [0.5, 0.6) is 0 Å². The van der Waals surface area contributed by atoms with Gasteiger partial charge in [0.15, 0.2) is 17.2 Å². The highest BCUT2D eigenvalue weighted by Gasteiger charge is 2.34. The lowest BCUT2D eigenvalue weighted by atomic mass is 10.2. The fourth-order valence-corrected chi connectivity index (χ4v) is 3.30. The highest BCUT2D eigenvalue weighted by Crippen LogP contribution is 2.38. The Balaban J connectivity index is 1.63. The van der Waals surface area contributed by atoms with E-state index in [1.54, 1.807) is 13.8 Å². The van der Waals surface area contributed by atoms with Gasteiger partial charge in [-0.1, -0.05) is 11.6 Å². The van der Waals surface area contributed by atoms with Crippen LogP contribution in [0.15, 0.2) is 34.9 Å². The molecule has 0 spiro atoms. The molecule has 0 saturated carbocycles. The highest BCUT2D eigenvalue weighted by molar-refractivity contribution is 6.32. The van der Waals surface area contributed by atoms with Gasteiger partial charge in [-0.15, -0.1) is 5.10 Å². The van der Waals surface area contributed by atoms with Crippen molar-refractivity contribution in [1.82, 2.24) is 24.7 Å². The Morgan fingerprint density at radius 1 is 1.06 bits per heavy atom. The number of benzene rings is 1. The van der Waals surface area contributed by atoms with E-state index in [4.69, 9.17) is 16.0 Å². The van der Waals surface area contributed by atoms with Crippen molar-refractivity contribution in [3.63, 3.8) is 0 Å². The summed E-state index contributed by atoms with van der Waals surface area (Å²) >= 11 is 5.70. The molecule has 4 rings (SSSR count). The van der Waals surface area contributed by atoms with Crippen LogP contribution in [0.4, 0.5) is 32.4 Å². The molecule has 7 nitrogen and oxygen atoms in total. The molecule has 14 heteroatoms. The van der Waals surface area contributed by atoms with Crippen molar-refractivity contribution in [2.45, 2.75) is 32.2 Å². The molecule has 0 fully saturated rings. The smallest absolute Gasteiger partial charge is 0.417 e. The zero-order chi connectivity index (χ0) is 24.1. The highest BCUT2D eigenvalue weighted by atomic mass is 35.5. The second-order valence-corrected chi connectivity index (χ2v) is 7.42. The number of aromatic nitrogens is 5. The van der Waals surface area contributed by atoms with Crippen LogP contribution in [-0.4, -0.2) is 24.7 Å². The maximum atomic E-state index is 13.1. The molecule has 4 aromatic rings. The maximum Gasteiger partial charge on any atom is 0.417 e. The van der Waals surface area contributed by atoms with Crippen molar-refractivity contribution in [3.8, 4) is 5.82 Å². The molecule has 1 aromatic carbocycles. The van der Waals surface area contributed by atoms with Crippen LogP contribution in [0.2, 0.25) is 5.02 Å². The number of nitrogens with zero attached hydrogens (tertiary/aromatic N) is 5. The van der Waals surface area contributed by atoms with E-state index in [9.17, 15) is 26.3 Å². The van der Waals surface area contributed by atoms with Crippen LogP contribution >= 0.6 is 11.6 Å². The first kappa shape index (κ1) is 22.8. The number of nitrogens with one attached hydrogen (secondary N) is 1. The van der Waals surface area contributed by atoms with Gasteiger partial charge in [-0.2, -0.15) is 36.0 Å². The summed E-state index contributed by atoms with van der Waals surface area (Å²) in [7, 11) is 0. The lowest BCUT2D eigenvalue weighted by Crippen LogP contribution is -2.15. The van der Waals surface area contributed by atoms with Crippen LogP contribution in [0.3, 0.4) is 0 Å². The SMILES string of the molecule is Cc1nc([C@H](C)Nc2nc3cc(C(F)(F)F)c(Cl)cc3o2)n(-c2ccc(C(F)(F)F)cn2)n1. The fourth-order valence-electron chi connectivity index (χ4n) is 3.04.